The van der Waals surface area contributed by atoms with E-state index < -0.39 is 0 Å². The lowest BCUT2D eigenvalue weighted by Gasteiger charge is -2.37. The lowest BCUT2D eigenvalue weighted by Crippen LogP contribution is -2.41. The molecule has 0 saturated carbocycles. The molecule has 134 valence electrons. The maximum Gasteiger partial charge on any atom is 0.213 e. The van der Waals surface area contributed by atoms with Crippen LogP contribution in [-0.2, 0) is 11.3 Å². The monoisotopic (exact) mass is 341 g/mol. The quantitative estimate of drug-likeness (QED) is 0.809. The van der Waals surface area contributed by atoms with Crippen molar-refractivity contribution in [3.63, 3.8) is 0 Å². The fraction of sp³-hybridized carbons (Fsp3) is 0.550. The average Bonchev–Trinajstić information content (AvgIpc) is 3.12. The minimum Gasteiger partial charge on any atom is -0.478 e. The Hall–Kier alpha value is -1.85. The van der Waals surface area contributed by atoms with Gasteiger partial charge in [0.05, 0.1) is 6.61 Å². The van der Waals surface area contributed by atoms with Gasteiger partial charge in [-0.05, 0) is 37.0 Å². The van der Waals surface area contributed by atoms with E-state index in [1.54, 1.807) is 6.20 Å². The molecule has 1 saturated heterocycles. The van der Waals surface area contributed by atoms with Crippen molar-refractivity contribution < 1.29 is 9.47 Å². The molecule has 5 heteroatoms. The van der Waals surface area contributed by atoms with Crippen LogP contribution in [-0.4, -0.2) is 47.4 Å². The summed E-state index contributed by atoms with van der Waals surface area (Å²) in [5.41, 5.74) is 1.42. The molecular formula is C20H27N3O2. The Balaban J connectivity index is 1.35. The van der Waals surface area contributed by atoms with Crippen LogP contribution in [0.5, 0.6) is 5.88 Å². The molecule has 4 heterocycles. The predicted molar refractivity (Wildman–Crippen MR) is 96.6 cm³/mol. The van der Waals surface area contributed by atoms with Crippen LogP contribution in [0, 0.1) is 5.92 Å². The summed E-state index contributed by atoms with van der Waals surface area (Å²) in [5.74, 6) is 1.49. The molecule has 0 N–H and O–H groups in total. The molecule has 25 heavy (non-hydrogen) atoms. The second-order valence-corrected chi connectivity index (χ2v) is 7.12. The number of rotatable bonds is 6. The molecule has 1 fully saturated rings. The lowest BCUT2D eigenvalue weighted by atomic mass is 9.98. The van der Waals surface area contributed by atoms with Crippen LogP contribution in [0.1, 0.15) is 31.0 Å². The first-order valence-corrected chi connectivity index (χ1v) is 9.38. The van der Waals surface area contributed by atoms with E-state index in [-0.39, 0.29) is 0 Å². The summed E-state index contributed by atoms with van der Waals surface area (Å²) < 4.78 is 13.8. The highest BCUT2D eigenvalue weighted by Crippen LogP contribution is 2.27. The fourth-order valence-corrected chi connectivity index (χ4v) is 3.99. The van der Waals surface area contributed by atoms with E-state index in [0.29, 0.717) is 18.5 Å². The van der Waals surface area contributed by atoms with Crippen LogP contribution in [0.25, 0.3) is 0 Å². The summed E-state index contributed by atoms with van der Waals surface area (Å²) >= 11 is 0. The van der Waals surface area contributed by atoms with E-state index in [1.807, 2.05) is 18.2 Å². The van der Waals surface area contributed by atoms with E-state index in [2.05, 4.69) is 32.8 Å². The molecule has 0 aromatic carbocycles. The minimum atomic E-state index is 0.474. The third-order valence-corrected chi connectivity index (χ3v) is 5.31. The van der Waals surface area contributed by atoms with E-state index in [4.69, 9.17) is 9.47 Å². The van der Waals surface area contributed by atoms with Crippen LogP contribution < -0.4 is 4.74 Å². The number of pyridine rings is 1. The highest BCUT2D eigenvalue weighted by Gasteiger charge is 2.26. The van der Waals surface area contributed by atoms with Crippen LogP contribution in [0.4, 0.5) is 0 Å². The molecular weight excluding hydrogens is 314 g/mol. The molecule has 0 amide bonds. The highest BCUT2D eigenvalue weighted by molar-refractivity contribution is 5.12. The summed E-state index contributed by atoms with van der Waals surface area (Å²) in [6.45, 7) is 5.90. The normalized spacial score (nSPS) is 21.8. The summed E-state index contributed by atoms with van der Waals surface area (Å²) in [7, 11) is 0. The van der Waals surface area contributed by atoms with Crippen LogP contribution in [0.2, 0.25) is 0 Å². The Morgan fingerprint density at radius 3 is 2.92 bits per heavy atom. The zero-order valence-electron chi connectivity index (χ0n) is 14.7. The Bertz CT molecular complexity index is 652. The summed E-state index contributed by atoms with van der Waals surface area (Å²) in [6.07, 6.45) is 7.39. The van der Waals surface area contributed by atoms with Gasteiger partial charge in [0.25, 0.3) is 0 Å². The van der Waals surface area contributed by atoms with Gasteiger partial charge in [-0.1, -0.05) is 6.07 Å². The first-order chi connectivity index (χ1) is 12.4. The van der Waals surface area contributed by atoms with Crippen LogP contribution >= 0.6 is 0 Å². The second kappa shape index (κ2) is 8.02. The minimum absolute atomic E-state index is 0.474. The van der Waals surface area contributed by atoms with Crippen LogP contribution in [0.15, 0.2) is 42.7 Å². The zero-order valence-corrected chi connectivity index (χ0v) is 14.7. The molecule has 4 rings (SSSR count). The Morgan fingerprint density at radius 2 is 2.08 bits per heavy atom. The average molecular weight is 341 g/mol. The predicted octanol–water partition coefficient (Wildman–Crippen LogP) is 3.14. The largest absolute Gasteiger partial charge is 0.478 e. The van der Waals surface area contributed by atoms with Gasteiger partial charge in [-0.3, -0.25) is 4.90 Å². The van der Waals surface area contributed by atoms with Gasteiger partial charge in [-0.2, -0.15) is 0 Å². The molecule has 0 spiro atoms. The Labute approximate surface area is 149 Å². The van der Waals surface area contributed by atoms with Crippen molar-refractivity contribution >= 4 is 0 Å². The van der Waals surface area contributed by atoms with Crippen molar-refractivity contribution in [2.75, 3.05) is 32.9 Å². The molecule has 2 aliphatic heterocycles. The number of nitrogens with zero attached hydrogens (tertiary/aromatic N) is 3. The van der Waals surface area contributed by atoms with E-state index in [9.17, 15) is 0 Å². The number of ether oxygens (including phenoxy) is 2. The van der Waals surface area contributed by atoms with Gasteiger partial charge in [-0.15, -0.1) is 0 Å². The maximum absolute atomic E-state index is 5.83. The number of hydrogen-bond acceptors (Lipinski definition) is 4. The van der Waals surface area contributed by atoms with Crippen molar-refractivity contribution in [1.29, 1.82) is 0 Å². The molecule has 0 unspecified atom stereocenters. The van der Waals surface area contributed by atoms with E-state index in [1.165, 1.54) is 25.1 Å². The number of fused-ring (bicyclic) bond motifs is 1. The standard InChI is InChI=1S/C20H27N3O2/c1-2-9-21-20(5-1)25-13-8-19-16-22(14-17-6-11-24-12-7-17)15-18-4-3-10-23(18)19/h1-5,9-10,17,19H,6-8,11-16H2/t19-/m1/s1. The lowest BCUT2D eigenvalue weighted by molar-refractivity contribution is 0.0445. The first kappa shape index (κ1) is 16.6. The molecule has 2 aliphatic rings. The Kier molecular flexibility index (Phi) is 5.33. The van der Waals surface area contributed by atoms with Gasteiger partial charge in [0.1, 0.15) is 0 Å². The second-order valence-electron chi connectivity index (χ2n) is 7.12. The zero-order chi connectivity index (χ0) is 16.9. The number of aromatic nitrogens is 2. The van der Waals surface area contributed by atoms with Gasteiger partial charge < -0.3 is 14.0 Å². The highest BCUT2D eigenvalue weighted by atomic mass is 16.5. The molecule has 2 aromatic heterocycles. The molecule has 1 atom stereocenters. The van der Waals surface area contributed by atoms with Crippen LogP contribution in [0.3, 0.4) is 0 Å². The van der Waals surface area contributed by atoms with Gasteiger partial charge in [-0.25, -0.2) is 4.98 Å². The summed E-state index contributed by atoms with van der Waals surface area (Å²) in [6, 6.07) is 10.7. The third-order valence-electron chi connectivity index (χ3n) is 5.31. The van der Waals surface area contributed by atoms with Gasteiger partial charge >= 0.3 is 0 Å². The van der Waals surface area contributed by atoms with Gasteiger partial charge in [0.2, 0.25) is 5.88 Å². The van der Waals surface area contributed by atoms with Gasteiger partial charge in [0.15, 0.2) is 0 Å². The summed E-state index contributed by atoms with van der Waals surface area (Å²) in [5, 5.41) is 0. The molecule has 0 radical (unpaired) electrons. The molecule has 0 bridgehead atoms. The molecule has 0 aliphatic carbocycles. The Morgan fingerprint density at radius 1 is 1.16 bits per heavy atom. The number of hydrogen-bond donors (Lipinski definition) is 0. The molecule has 5 nitrogen and oxygen atoms in total. The first-order valence-electron chi connectivity index (χ1n) is 9.38. The topological polar surface area (TPSA) is 39.5 Å². The van der Waals surface area contributed by atoms with Crippen molar-refractivity contribution in [2.24, 2.45) is 5.92 Å². The van der Waals surface area contributed by atoms with E-state index >= 15 is 0 Å². The van der Waals surface area contributed by atoms with Gasteiger partial charge in [0, 0.05) is 69.5 Å². The summed E-state index contributed by atoms with van der Waals surface area (Å²) in [4.78, 5) is 6.86. The maximum atomic E-state index is 5.83. The SMILES string of the molecule is c1ccc(OCC[C@@H]2CN(CC3CCOCC3)Cc3cccn32)nc1. The molecule has 2 aromatic rings. The van der Waals surface area contributed by atoms with Crippen molar-refractivity contribution in [3.8, 4) is 5.88 Å². The van der Waals surface area contributed by atoms with Crippen molar-refractivity contribution in [3.05, 3.63) is 48.4 Å². The van der Waals surface area contributed by atoms with Crippen molar-refractivity contribution in [2.45, 2.75) is 31.8 Å². The smallest absolute Gasteiger partial charge is 0.213 e. The van der Waals surface area contributed by atoms with E-state index in [0.717, 1.165) is 38.6 Å². The fourth-order valence-electron chi connectivity index (χ4n) is 3.99. The van der Waals surface area contributed by atoms with Crippen molar-refractivity contribution in [1.82, 2.24) is 14.5 Å². The third kappa shape index (κ3) is 4.22.